The zero-order chi connectivity index (χ0) is 16.9. The van der Waals surface area contributed by atoms with Crippen LogP contribution in [0.4, 0.5) is 5.13 Å². The van der Waals surface area contributed by atoms with Crippen molar-refractivity contribution in [3.8, 4) is 0 Å². The Kier molecular flexibility index (Phi) is 5.27. The fourth-order valence-electron chi connectivity index (χ4n) is 2.52. The van der Waals surface area contributed by atoms with Crippen molar-refractivity contribution in [1.29, 1.82) is 0 Å². The second kappa shape index (κ2) is 7.59. The predicted molar refractivity (Wildman–Crippen MR) is 91.1 cm³/mol. The number of thiazole rings is 1. The lowest BCUT2D eigenvalue weighted by atomic mass is 10.2. The highest BCUT2D eigenvalue weighted by Crippen LogP contribution is 2.28. The van der Waals surface area contributed by atoms with Crippen LogP contribution in [0.5, 0.6) is 0 Å². The van der Waals surface area contributed by atoms with Crippen LogP contribution in [0.25, 0.3) is 0 Å². The first-order valence-electron chi connectivity index (χ1n) is 7.97. The Morgan fingerprint density at radius 2 is 2.33 bits per heavy atom. The van der Waals surface area contributed by atoms with Crippen molar-refractivity contribution in [3.63, 3.8) is 0 Å². The van der Waals surface area contributed by atoms with Crippen molar-refractivity contribution in [2.24, 2.45) is 0 Å². The zero-order valence-corrected chi connectivity index (χ0v) is 14.3. The SMILES string of the molecule is CCCNC(=O)CN1CCc2nc(NC(=O)c3ccoc3)sc2C1. The summed E-state index contributed by atoms with van der Waals surface area (Å²) in [7, 11) is 0. The highest BCUT2D eigenvalue weighted by atomic mass is 32.1. The van der Waals surface area contributed by atoms with Crippen LogP contribution in [0.1, 0.15) is 34.3 Å². The molecular formula is C16H20N4O3S. The van der Waals surface area contributed by atoms with E-state index in [2.05, 4.69) is 20.5 Å². The fraction of sp³-hybridized carbons (Fsp3) is 0.438. The molecule has 1 aliphatic rings. The number of furan rings is 1. The second-order valence-corrected chi connectivity index (χ2v) is 6.75. The Morgan fingerprint density at radius 3 is 3.08 bits per heavy atom. The molecule has 8 heteroatoms. The molecule has 1 aliphatic heterocycles. The van der Waals surface area contributed by atoms with Gasteiger partial charge in [0.1, 0.15) is 6.26 Å². The summed E-state index contributed by atoms with van der Waals surface area (Å²) in [6, 6.07) is 1.61. The average molecular weight is 348 g/mol. The van der Waals surface area contributed by atoms with Crippen LogP contribution < -0.4 is 10.6 Å². The molecule has 7 nitrogen and oxygen atoms in total. The smallest absolute Gasteiger partial charge is 0.260 e. The lowest BCUT2D eigenvalue weighted by molar-refractivity contribution is -0.122. The molecule has 0 atom stereocenters. The average Bonchev–Trinajstić information content (AvgIpc) is 3.21. The van der Waals surface area contributed by atoms with Gasteiger partial charge in [0.15, 0.2) is 5.13 Å². The number of nitrogens with zero attached hydrogens (tertiary/aromatic N) is 2. The number of rotatable bonds is 6. The number of amides is 2. The highest BCUT2D eigenvalue weighted by molar-refractivity contribution is 7.15. The van der Waals surface area contributed by atoms with Crippen molar-refractivity contribution < 1.29 is 14.0 Å². The number of hydrogen-bond donors (Lipinski definition) is 2. The van der Waals surface area contributed by atoms with Crippen molar-refractivity contribution in [1.82, 2.24) is 15.2 Å². The Hall–Kier alpha value is -2.19. The molecule has 0 radical (unpaired) electrons. The predicted octanol–water partition coefficient (Wildman–Crippen LogP) is 1.87. The standard InChI is InChI=1S/C16H20N4O3S/c1-2-5-17-14(21)9-20-6-3-12-13(8-20)24-16(18-12)19-15(22)11-4-7-23-10-11/h4,7,10H,2-3,5-6,8-9H2,1H3,(H,17,21)(H,18,19,22). The van der Waals surface area contributed by atoms with Gasteiger partial charge < -0.3 is 9.73 Å². The van der Waals surface area contributed by atoms with E-state index in [0.717, 1.165) is 30.0 Å². The molecule has 128 valence electrons. The van der Waals surface area contributed by atoms with Gasteiger partial charge in [-0.15, -0.1) is 11.3 Å². The maximum Gasteiger partial charge on any atom is 0.260 e. The molecule has 0 aliphatic carbocycles. The monoisotopic (exact) mass is 348 g/mol. The molecule has 0 aromatic carbocycles. The third-order valence-corrected chi connectivity index (χ3v) is 4.75. The summed E-state index contributed by atoms with van der Waals surface area (Å²) in [5.74, 6) is -0.177. The Bertz CT molecular complexity index is 711. The maximum absolute atomic E-state index is 12.0. The quantitative estimate of drug-likeness (QED) is 0.832. The summed E-state index contributed by atoms with van der Waals surface area (Å²) in [5, 5.41) is 6.27. The molecule has 3 heterocycles. The fourth-order valence-corrected chi connectivity index (χ4v) is 3.57. The number of carbonyl (C=O) groups is 2. The van der Waals surface area contributed by atoms with E-state index in [0.29, 0.717) is 30.3 Å². The lowest BCUT2D eigenvalue weighted by Crippen LogP contribution is -2.39. The van der Waals surface area contributed by atoms with Gasteiger partial charge in [-0.2, -0.15) is 0 Å². The van der Waals surface area contributed by atoms with Gasteiger partial charge in [-0.3, -0.25) is 19.8 Å². The molecular weight excluding hydrogens is 328 g/mol. The van der Waals surface area contributed by atoms with Crippen LogP contribution in [0.2, 0.25) is 0 Å². The van der Waals surface area contributed by atoms with Crippen LogP contribution in [0.3, 0.4) is 0 Å². The summed E-state index contributed by atoms with van der Waals surface area (Å²) in [4.78, 5) is 31.6. The third-order valence-electron chi connectivity index (χ3n) is 3.75. The van der Waals surface area contributed by atoms with E-state index in [1.54, 1.807) is 6.07 Å². The number of anilines is 1. The molecule has 0 saturated heterocycles. The van der Waals surface area contributed by atoms with Gasteiger partial charge in [0.25, 0.3) is 5.91 Å². The lowest BCUT2D eigenvalue weighted by Gasteiger charge is -2.25. The Balaban J connectivity index is 1.58. The number of carbonyl (C=O) groups excluding carboxylic acids is 2. The molecule has 2 aromatic rings. The third kappa shape index (κ3) is 4.01. The number of fused-ring (bicyclic) bond motifs is 1. The van der Waals surface area contributed by atoms with E-state index in [1.165, 1.54) is 23.9 Å². The first kappa shape index (κ1) is 16.7. The number of nitrogens with one attached hydrogen (secondary N) is 2. The van der Waals surface area contributed by atoms with Gasteiger partial charge in [-0.05, 0) is 12.5 Å². The summed E-state index contributed by atoms with van der Waals surface area (Å²) < 4.78 is 4.91. The molecule has 0 saturated carbocycles. The van der Waals surface area contributed by atoms with Gasteiger partial charge in [0, 0.05) is 30.9 Å². The van der Waals surface area contributed by atoms with Crippen molar-refractivity contribution in [2.45, 2.75) is 26.3 Å². The molecule has 2 aromatic heterocycles. The first-order chi connectivity index (χ1) is 11.7. The van der Waals surface area contributed by atoms with Gasteiger partial charge in [0.05, 0.1) is 24.1 Å². The van der Waals surface area contributed by atoms with Crippen LogP contribution in [0, 0.1) is 0 Å². The zero-order valence-electron chi connectivity index (χ0n) is 13.5. The van der Waals surface area contributed by atoms with Gasteiger partial charge in [0.2, 0.25) is 5.91 Å². The summed E-state index contributed by atoms with van der Waals surface area (Å²) in [6.07, 6.45) is 4.58. The maximum atomic E-state index is 12.0. The summed E-state index contributed by atoms with van der Waals surface area (Å²) in [6.45, 7) is 4.63. The molecule has 0 unspecified atom stereocenters. The molecule has 2 N–H and O–H groups in total. The van der Waals surface area contributed by atoms with Crippen LogP contribution >= 0.6 is 11.3 Å². The molecule has 2 amide bonds. The minimum Gasteiger partial charge on any atom is -0.472 e. The van der Waals surface area contributed by atoms with Crippen molar-refractivity contribution in [2.75, 3.05) is 25.0 Å². The Morgan fingerprint density at radius 1 is 1.46 bits per heavy atom. The number of hydrogen-bond acceptors (Lipinski definition) is 6. The van der Waals surface area contributed by atoms with Crippen LogP contribution in [0.15, 0.2) is 23.0 Å². The highest BCUT2D eigenvalue weighted by Gasteiger charge is 2.23. The van der Waals surface area contributed by atoms with Gasteiger partial charge in [-0.25, -0.2) is 4.98 Å². The van der Waals surface area contributed by atoms with E-state index in [4.69, 9.17) is 4.42 Å². The molecule has 0 fully saturated rings. The van der Waals surface area contributed by atoms with E-state index in [1.807, 2.05) is 6.92 Å². The molecule has 0 bridgehead atoms. The summed E-state index contributed by atoms with van der Waals surface area (Å²) >= 11 is 1.46. The van der Waals surface area contributed by atoms with E-state index in [9.17, 15) is 9.59 Å². The largest absolute Gasteiger partial charge is 0.472 e. The normalized spacial score (nSPS) is 14.2. The summed E-state index contributed by atoms with van der Waals surface area (Å²) in [5.41, 5.74) is 1.48. The Labute approximate surface area is 144 Å². The van der Waals surface area contributed by atoms with Gasteiger partial charge >= 0.3 is 0 Å². The van der Waals surface area contributed by atoms with Crippen LogP contribution in [-0.4, -0.2) is 41.3 Å². The minimum atomic E-state index is -0.231. The van der Waals surface area contributed by atoms with Gasteiger partial charge in [-0.1, -0.05) is 6.92 Å². The second-order valence-electron chi connectivity index (χ2n) is 5.67. The topological polar surface area (TPSA) is 87.5 Å². The first-order valence-corrected chi connectivity index (χ1v) is 8.78. The van der Waals surface area contributed by atoms with E-state index >= 15 is 0 Å². The van der Waals surface area contributed by atoms with E-state index < -0.39 is 0 Å². The molecule has 24 heavy (non-hydrogen) atoms. The van der Waals surface area contributed by atoms with Crippen LogP contribution in [-0.2, 0) is 17.8 Å². The van der Waals surface area contributed by atoms with Crippen molar-refractivity contribution in [3.05, 3.63) is 34.7 Å². The van der Waals surface area contributed by atoms with Crippen molar-refractivity contribution >= 4 is 28.3 Å². The minimum absolute atomic E-state index is 0.0540. The molecule has 0 spiro atoms. The van der Waals surface area contributed by atoms with E-state index in [-0.39, 0.29) is 11.8 Å². The molecule has 3 rings (SSSR count). The number of aromatic nitrogens is 1.